The number of benzene rings is 3. The molecule has 3 N–H and O–H groups in total. The quantitative estimate of drug-likeness (QED) is 0.0687. The molecule has 3 aliphatic carbocycles. The second-order valence-electron chi connectivity index (χ2n) is 41.9. The number of nitrogens with one attached hydrogen (secondary N) is 3. The summed E-state index contributed by atoms with van der Waals surface area (Å²) in [5, 5.41) is 8.03. The number of hydrogen-bond acceptors (Lipinski definition) is 24. The molecule has 6 aliphatic heterocycles. The molecule has 6 aromatic rings. The maximum atomic E-state index is 16.1. The largest absolute Gasteiger partial charge is 0.540 e. The molecule has 0 unspecified atom stereocenters. The monoisotopic (exact) mass is 2150 g/mol. The summed E-state index contributed by atoms with van der Waals surface area (Å²) in [4.78, 5) is 147. The predicted octanol–water partition coefficient (Wildman–Crippen LogP) is 17.9. The molecule has 45 heteroatoms. The number of rotatable bonds is 9. The number of methoxy groups -OCH3 is 3. The Morgan fingerprint density at radius 1 is 0.382 bits per heavy atom. The molecule has 6 bridgehead atoms. The van der Waals surface area contributed by atoms with E-state index in [-0.39, 0.29) is 184 Å². The number of alkyl halides is 12. The predicted molar refractivity (Wildman–Crippen MR) is 486 cm³/mol. The van der Waals surface area contributed by atoms with Crippen LogP contribution < -0.4 is 44.4 Å². The molecule has 3 saturated carbocycles. The summed E-state index contributed by atoms with van der Waals surface area (Å²) in [6, 6.07) is 5.61. The Morgan fingerprint density at radius 2 is 0.681 bits per heavy atom. The van der Waals surface area contributed by atoms with E-state index in [1.165, 1.54) is 90.6 Å². The molecule has 6 fully saturated rings. The summed E-state index contributed by atoms with van der Waals surface area (Å²) in [7, 11) is 4.19. The molecular formula is C99H123F12N12O18V3-3. The van der Waals surface area contributed by atoms with Gasteiger partial charge in [-0.1, -0.05) is 120 Å². The summed E-state index contributed by atoms with van der Waals surface area (Å²) in [6.45, 7) is 23.3. The first kappa shape index (κ1) is 117. The number of hydrogen-bond donors (Lipinski definition) is 3. The SMILES string of the molecule is CC[C@@H]1[C@@H]2CN(C(=O)[C@H](C(C)(C)C)NC(=O)O[C@@H]3CCC[C@H]3CCCC(F)(F)C(F)(F)c3nc4ccc(OC)cc4nc3O2)[C@@H]1[C-]=O.CC[C@@H]1[C@@H]2CN(C(=O)[C@H](C(C)(C)C)NC(=O)O[C@]3(C)CCC[C@H]3CCCC(F)(F)C(F)(F)c3nc4ccc(OC)cc4nc3O2)[C@@H]1[C-]=O.CC[C@@H]1[C@@H]2CN(C(=O)[C@H](C(C)(C)C)NC(=O)O[C@]3(C)C[C@H]3CCCC(F)(F)C(F)(F)c3nc4ccc(OC)cc4nc3O2)[C@@H]1[C-]=O.[V].[V].[V]. The number of alkyl carbamates (subject to hydrolysis) is 3. The van der Waals surface area contributed by atoms with Crippen molar-refractivity contribution in [1.29, 1.82) is 0 Å². The number of carbonyl (C=O) groups excluding carboxylic acids is 9. The van der Waals surface area contributed by atoms with Gasteiger partial charge in [0.25, 0.3) is 0 Å². The first-order chi connectivity index (χ1) is 66.0. The molecule has 6 amide bonds. The van der Waals surface area contributed by atoms with E-state index in [9.17, 15) is 43.2 Å². The molecule has 144 heavy (non-hydrogen) atoms. The molecule has 30 nitrogen and oxygen atoms in total. The molecule has 3 aromatic carbocycles. The average Bonchev–Trinajstić information content (AvgIpc) is 1.20. The summed E-state index contributed by atoms with van der Waals surface area (Å²) in [6.07, 6.45) is -0.547. The van der Waals surface area contributed by atoms with Crippen LogP contribution >= 0.6 is 0 Å². The summed E-state index contributed by atoms with van der Waals surface area (Å²) < 4.78 is 241. The van der Waals surface area contributed by atoms with Crippen molar-refractivity contribution in [3.05, 3.63) is 71.7 Å². The van der Waals surface area contributed by atoms with Crippen LogP contribution in [0, 0.1) is 51.8 Å². The van der Waals surface area contributed by atoms with Crippen molar-refractivity contribution in [2.45, 2.75) is 326 Å². The van der Waals surface area contributed by atoms with Gasteiger partial charge in [-0.05, 0) is 180 Å². The minimum atomic E-state index is -4.81. The van der Waals surface area contributed by atoms with Crippen molar-refractivity contribution >= 4 is 88.0 Å². The van der Waals surface area contributed by atoms with Crippen LogP contribution in [0.3, 0.4) is 0 Å². The van der Waals surface area contributed by atoms with Crippen LogP contribution in [-0.4, -0.2) is 230 Å². The van der Waals surface area contributed by atoms with Crippen molar-refractivity contribution in [2.24, 2.45) is 51.8 Å². The van der Waals surface area contributed by atoms with E-state index >= 15 is 52.7 Å². The first-order valence-electron chi connectivity index (χ1n) is 47.9. The molecule has 3 saturated heterocycles. The Balaban J connectivity index is 0.000000219. The van der Waals surface area contributed by atoms with Gasteiger partial charge in [0.2, 0.25) is 35.4 Å². The molecule has 15 rings (SSSR count). The van der Waals surface area contributed by atoms with Gasteiger partial charge in [0, 0.05) is 99.0 Å². The van der Waals surface area contributed by atoms with Crippen molar-refractivity contribution < 1.29 is 194 Å². The number of fused-ring (bicyclic) bond motifs is 15. The fraction of sp³-hybridized carbons (Fsp3) is 0.667. The van der Waals surface area contributed by atoms with Crippen LogP contribution in [0.15, 0.2) is 54.6 Å². The summed E-state index contributed by atoms with van der Waals surface area (Å²) in [5.41, 5.74) is -8.65. The van der Waals surface area contributed by atoms with Gasteiger partial charge in [-0.25, -0.2) is 63.1 Å². The third kappa shape index (κ3) is 24.0. The Hall–Kier alpha value is -9.38. The van der Waals surface area contributed by atoms with Crippen LogP contribution in [0.1, 0.15) is 236 Å². The molecule has 0 spiro atoms. The number of nitrogens with zero attached hydrogens (tertiary/aromatic N) is 9. The molecule has 9 aliphatic rings. The molecular weight excluding hydrogens is 2030 g/mol. The van der Waals surface area contributed by atoms with Crippen LogP contribution in [0.4, 0.5) is 67.1 Å². The second kappa shape index (κ2) is 45.0. The molecule has 18 atom stereocenters. The second-order valence-corrected chi connectivity index (χ2v) is 41.9. The van der Waals surface area contributed by atoms with E-state index < -0.39 is 231 Å². The van der Waals surface area contributed by atoms with Crippen LogP contribution in [-0.2, 0) is 116 Å². The average molecular weight is 2150 g/mol. The van der Waals surface area contributed by atoms with E-state index in [1.54, 1.807) is 96.9 Å². The molecule has 789 valence electrons. The van der Waals surface area contributed by atoms with Gasteiger partial charge in [0.1, 0.15) is 71.0 Å². The van der Waals surface area contributed by atoms with Gasteiger partial charge in [-0.3, -0.25) is 14.4 Å². The first-order valence-corrected chi connectivity index (χ1v) is 47.9. The van der Waals surface area contributed by atoms with Gasteiger partial charge in [0.05, 0.1) is 74.1 Å². The van der Waals surface area contributed by atoms with E-state index in [2.05, 4.69) is 45.9 Å². The number of halogens is 12. The smallest absolute Gasteiger partial charge is 0.408 e. The maximum Gasteiger partial charge on any atom is 0.408 e. The van der Waals surface area contributed by atoms with Gasteiger partial charge in [-0.2, -0.15) is 52.7 Å². The number of amides is 6. The van der Waals surface area contributed by atoms with Crippen molar-refractivity contribution in [3.8, 4) is 34.9 Å². The number of ether oxygens (including phenoxy) is 9. The zero-order valence-corrected chi connectivity index (χ0v) is 87.4. The van der Waals surface area contributed by atoms with Gasteiger partial charge in [0.15, 0.2) is 17.1 Å². The Bertz CT molecular complexity index is 5660. The maximum absolute atomic E-state index is 16.1. The van der Waals surface area contributed by atoms with E-state index in [0.29, 0.717) is 62.2 Å². The van der Waals surface area contributed by atoms with Crippen LogP contribution in [0.25, 0.3) is 33.1 Å². The summed E-state index contributed by atoms with van der Waals surface area (Å²) in [5.74, 6) is -34.8. The van der Waals surface area contributed by atoms with Gasteiger partial charge < -0.3 is 87.7 Å². The minimum absolute atomic E-state index is 0. The van der Waals surface area contributed by atoms with E-state index in [1.807, 2.05) is 18.9 Å². The van der Waals surface area contributed by atoms with Crippen molar-refractivity contribution in [2.75, 3.05) is 41.0 Å². The van der Waals surface area contributed by atoms with Crippen molar-refractivity contribution in [1.82, 2.24) is 60.6 Å². The molecule has 3 aromatic heterocycles. The van der Waals surface area contributed by atoms with E-state index in [4.69, 9.17) is 42.6 Å². The van der Waals surface area contributed by atoms with Crippen molar-refractivity contribution in [3.63, 3.8) is 0 Å². The van der Waals surface area contributed by atoms with Gasteiger partial charge in [-0.15, -0.1) is 0 Å². The van der Waals surface area contributed by atoms with Gasteiger partial charge >= 0.3 is 53.8 Å². The third-order valence-electron chi connectivity index (χ3n) is 29.2. The minimum Gasteiger partial charge on any atom is -0.540 e. The summed E-state index contributed by atoms with van der Waals surface area (Å²) >= 11 is 0. The van der Waals surface area contributed by atoms with E-state index in [0.717, 1.165) is 0 Å². The van der Waals surface area contributed by atoms with Crippen LogP contribution in [0.2, 0.25) is 0 Å². The zero-order chi connectivity index (χ0) is 103. The zero-order valence-electron chi connectivity index (χ0n) is 83.2. The normalized spacial score (nSPS) is 30.1. The topological polar surface area (TPSA) is 360 Å². The molecule has 3 radical (unpaired) electrons. The van der Waals surface area contributed by atoms with Crippen LogP contribution in [0.5, 0.6) is 34.9 Å². The molecule has 9 heterocycles. The number of carbonyl (C=O) groups is 6. The number of aromatic nitrogens is 6. The fourth-order valence-electron chi connectivity index (χ4n) is 20.7. The standard InChI is InChI=1S/C34H43F4N4O6.C33H41F4N4O6.C32H39F4N4O6.3V/c1-7-21-24(18-43)42-17-25(21)47-28-26(39-22-13-12-20(46-6)16-23(22)40-28)34(37,38)33(35,36)15-9-11-19-10-8-14-32(19,5)48-30(45)41-27(29(42)44)31(2,3)4;1-6-20-23(17-42)41-16-25(20)46-28-26(38-21-13-12-19(45-5)15-22(21)39-28)33(36,37)32(34,35)14-8-10-18-9-7-11-24(18)47-30(44)40-27(29(41)43)31(2,3)4;1-7-19-22(16-41)40-15-23(19)45-26-24(37-20-11-10-18(44-6)13-21(20)38-26)32(35,36)31(33,34)12-8-9-17-14-30(17,5)46-28(43)39-25(27(40)42)29(2,3)4;;;/h12-13,16,19,21,24-25,27H,7-11,14-15,17H2,1-6H3,(H,41,45);12-13,15,18,20,23-25,27H,6-11,14,16H2,1-5H3,(H,40,44);10-11,13,17,19,22-23,25H,7-9,12,14-15H2,1-6H3,(H,39,43);;;/q3*-1;;;/t19-,21-,24+,25-,27+,32+;18-,20-,23+,24+,25-,27+;17-,19+,22-,23+,25-,30-;;;/m001.../s1. The fourth-order valence-corrected chi connectivity index (χ4v) is 20.7. The Kier molecular flexibility index (Phi) is 36.4. The third-order valence-corrected chi connectivity index (χ3v) is 29.2. The Morgan fingerprint density at radius 3 is 0.993 bits per heavy atom. The Labute approximate surface area is 863 Å².